The third kappa shape index (κ3) is 2.91. The maximum absolute atomic E-state index is 10.2. The second-order valence-electron chi connectivity index (χ2n) is 6.36. The number of rotatable bonds is 3. The molecular formula is C16H27N3O. The summed E-state index contributed by atoms with van der Waals surface area (Å²) in [6.45, 7) is 5.34. The average Bonchev–Trinajstić information content (AvgIpc) is 2.97. The molecule has 2 fully saturated rings. The minimum atomic E-state index is -0.0943. The van der Waals surface area contributed by atoms with E-state index in [2.05, 4.69) is 23.1 Å². The lowest BCUT2D eigenvalue weighted by atomic mass is 9.86. The highest BCUT2D eigenvalue weighted by molar-refractivity contribution is 5.12. The molecule has 2 unspecified atom stereocenters. The number of hydrogen-bond donors (Lipinski definition) is 1. The van der Waals surface area contributed by atoms with Crippen LogP contribution in [-0.4, -0.2) is 45.0 Å². The van der Waals surface area contributed by atoms with Crippen LogP contribution in [0, 0.1) is 0 Å². The summed E-state index contributed by atoms with van der Waals surface area (Å²) in [5.41, 5.74) is 1.40. The highest BCUT2D eigenvalue weighted by atomic mass is 16.3. The molecule has 4 nitrogen and oxygen atoms in total. The van der Waals surface area contributed by atoms with Crippen molar-refractivity contribution in [1.29, 1.82) is 0 Å². The fraction of sp³-hybridized carbons (Fsp3) is 0.812. The third-order valence-electron chi connectivity index (χ3n) is 5.14. The van der Waals surface area contributed by atoms with Crippen LogP contribution < -0.4 is 0 Å². The minimum absolute atomic E-state index is 0.0943. The molecule has 0 spiro atoms. The first-order valence-corrected chi connectivity index (χ1v) is 8.22. The van der Waals surface area contributed by atoms with Gasteiger partial charge in [0.25, 0.3) is 0 Å². The first kappa shape index (κ1) is 14.1. The van der Waals surface area contributed by atoms with E-state index < -0.39 is 0 Å². The van der Waals surface area contributed by atoms with Crippen LogP contribution in [0.3, 0.4) is 0 Å². The second kappa shape index (κ2) is 6.27. The van der Waals surface area contributed by atoms with E-state index in [-0.39, 0.29) is 6.10 Å². The third-order valence-corrected chi connectivity index (χ3v) is 5.14. The Balaban J connectivity index is 1.56. The lowest BCUT2D eigenvalue weighted by molar-refractivity contribution is 0.00870. The van der Waals surface area contributed by atoms with Gasteiger partial charge in [0.2, 0.25) is 0 Å². The molecule has 0 radical (unpaired) electrons. The van der Waals surface area contributed by atoms with Gasteiger partial charge in [0.15, 0.2) is 0 Å². The smallest absolute Gasteiger partial charge is 0.0695 e. The Labute approximate surface area is 121 Å². The predicted molar refractivity (Wildman–Crippen MR) is 79.7 cm³/mol. The molecule has 2 heterocycles. The van der Waals surface area contributed by atoms with Gasteiger partial charge in [0, 0.05) is 18.8 Å². The van der Waals surface area contributed by atoms with Crippen LogP contribution in [0.1, 0.15) is 56.9 Å². The Bertz CT molecular complexity index is 423. The van der Waals surface area contributed by atoms with E-state index in [9.17, 15) is 5.11 Å². The Morgan fingerprint density at radius 3 is 2.60 bits per heavy atom. The Kier molecular flexibility index (Phi) is 4.41. The normalized spacial score (nSPS) is 29.7. The Hall–Kier alpha value is -0.870. The number of piperidine rings is 1. The van der Waals surface area contributed by atoms with E-state index >= 15 is 0 Å². The first-order valence-electron chi connectivity index (χ1n) is 8.22. The molecule has 2 atom stereocenters. The van der Waals surface area contributed by atoms with Gasteiger partial charge in [-0.15, -0.1) is 0 Å². The number of aromatic nitrogens is 2. The molecule has 20 heavy (non-hydrogen) atoms. The van der Waals surface area contributed by atoms with Gasteiger partial charge in [0.1, 0.15) is 0 Å². The van der Waals surface area contributed by atoms with Crippen LogP contribution in [0.15, 0.2) is 12.4 Å². The summed E-state index contributed by atoms with van der Waals surface area (Å²) in [7, 11) is 0. The van der Waals surface area contributed by atoms with Gasteiger partial charge in [-0.05, 0) is 57.2 Å². The highest BCUT2D eigenvalue weighted by Crippen LogP contribution is 2.31. The minimum Gasteiger partial charge on any atom is -0.391 e. The van der Waals surface area contributed by atoms with Crippen LogP contribution >= 0.6 is 0 Å². The summed E-state index contributed by atoms with van der Waals surface area (Å²) < 4.78 is 2.02. The van der Waals surface area contributed by atoms with Crippen LogP contribution in [0.25, 0.3) is 0 Å². The van der Waals surface area contributed by atoms with E-state index in [4.69, 9.17) is 0 Å². The molecule has 4 heteroatoms. The van der Waals surface area contributed by atoms with Gasteiger partial charge < -0.3 is 5.11 Å². The summed E-state index contributed by atoms with van der Waals surface area (Å²) in [5, 5.41) is 14.6. The van der Waals surface area contributed by atoms with Crippen molar-refractivity contribution in [2.45, 2.75) is 70.1 Å². The van der Waals surface area contributed by atoms with E-state index in [0.29, 0.717) is 12.0 Å². The molecular weight excluding hydrogens is 250 g/mol. The maximum atomic E-state index is 10.2. The first-order chi connectivity index (χ1) is 9.78. The molecule has 0 amide bonds. The number of aliphatic hydroxyl groups is 1. The lowest BCUT2D eigenvalue weighted by Gasteiger charge is -2.41. The van der Waals surface area contributed by atoms with Crippen LogP contribution in [0.2, 0.25) is 0 Å². The maximum Gasteiger partial charge on any atom is 0.0695 e. The van der Waals surface area contributed by atoms with E-state index in [1.54, 1.807) is 0 Å². The van der Waals surface area contributed by atoms with Crippen molar-refractivity contribution in [1.82, 2.24) is 14.7 Å². The molecule has 1 aromatic heterocycles. The summed E-state index contributed by atoms with van der Waals surface area (Å²) >= 11 is 0. The summed E-state index contributed by atoms with van der Waals surface area (Å²) in [6, 6.07) is 0.420. The van der Waals surface area contributed by atoms with Gasteiger partial charge in [-0.3, -0.25) is 9.58 Å². The predicted octanol–water partition coefficient (Wildman–Crippen LogP) is 2.39. The molecule has 0 bridgehead atoms. The summed E-state index contributed by atoms with van der Waals surface area (Å²) in [4.78, 5) is 2.53. The molecule has 112 valence electrons. The van der Waals surface area contributed by atoms with Gasteiger partial charge >= 0.3 is 0 Å². The number of likely N-dealkylation sites (tertiary alicyclic amines) is 1. The van der Waals surface area contributed by atoms with Gasteiger partial charge in [-0.1, -0.05) is 12.8 Å². The molecule has 1 N–H and O–H groups in total. The van der Waals surface area contributed by atoms with E-state index in [0.717, 1.165) is 26.1 Å². The van der Waals surface area contributed by atoms with Crippen LogP contribution in [0.5, 0.6) is 0 Å². The number of hydrogen-bond acceptors (Lipinski definition) is 3. The molecule has 2 aliphatic rings. The molecule has 1 aliphatic carbocycles. The van der Waals surface area contributed by atoms with Crippen molar-refractivity contribution in [3.05, 3.63) is 18.0 Å². The van der Waals surface area contributed by atoms with E-state index in [1.807, 2.05) is 10.9 Å². The van der Waals surface area contributed by atoms with Crippen molar-refractivity contribution in [3.8, 4) is 0 Å². The van der Waals surface area contributed by atoms with Crippen molar-refractivity contribution >= 4 is 0 Å². The van der Waals surface area contributed by atoms with Crippen LogP contribution in [0.4, 0.5) is 0 Å². The monoisotopic (exact) mass is 277 g/mol. The largest absolute Gasteiger partial charge is 0.391 e. The topological polar surface area (TPSA) is 41.3 Å². The number of aliphatic hydroxyl groups excluding tert-OH is 1. The number of aryl methyl sites for hydroxylation is 1. The van der Waals surface area contributed by atoms with Gasteiger partial charge in [-0.25, -0.2) is 0 Å². The van der Waals surface area contributed by atoms with Crippen LogP contribution in [-0.2, 0) is 6.54 Å². The van der Waals surface area contributed by atoms with E-state index in [1.165, 1.54) is 37.7 Å². The standard InChI is InChI=1S/C16H27N3O/c1-2-19-12-14(11-17-19)13-7-9-18(10-8-13)15-5-3-4-6-16(15)20/h11-13,15-16,20H,2-10H2,1H3. The molecule has 1 saturated carbocycles. The zero-order valence-corrected chi connectivity index (χ0v) is 12.5. The lowest BCUT2D eigenvalue weighted by Crippen LogP contribution is -2.48. The van der Waals surface area contributed by atoms with Crippen molar-refractivity contribution in [3.63, 3.8) is 0 Å². The van der Waals surface area contributed by atoms with Crippen molar-refractivity contribution in [2.24, 2.45) is 0 Å². The van der Waals surface area contributed by atoms with Gasteiger partial charge in [-0.2, -0.15) is 5.10 Å². The summed E-state index contributed by atoms with van der Waals surface area (Å²) in [5.74, 6) is 0.660. The molecule has 1 aromatic rings. The van der Waals surface area contributed by atoms with Crippen molar-refractivity contribution < 1.29 is 5.11 Å². The average molecular weight is 277 g/mol. The highest BCUT2D eigenvalue weighted by Gasteiger charge is 2.31. The molecule has 3 rings (SSSR count). The molecule has 1 aliphatic heterocycles. The zero-order valence-electron chi connectivity index (χ0n) is 12.5. The second-order valence-corrected chi connectivity index (χ2v) is 6.36. The fourth-order valence-electron chi connectivity index (χ4n) is 3.85. The Morgan fingerprint density at radius 2 is 1.95 bits per heavy atom. The summed E-state index contributed by atoms with van der Waals surface area (Å²) in [6.07, 6.45) is 11.2. The van der Waals surface area contributed by atoms with Gasteiger partial charge in [0.05, 0.1) is 12.3 Å². The Morgan fingerprint density at radius 1 is 1.20 bits per heavy atom. The number of nitrogens with zero attached hydrogens (tertiary/aromatic N) is 3. The molecule has 1 saturated heterocycles. The zero-order chi connectivity index (χ0) is 13.9. The SMILES string of the molecule is CCn1cc(C2CCN(C3CCCCC3O)CC2)cn1. The van der Waals surface area contributed by atoms with Crippen molar-refractivity contribution in [2.75, 3.05) is 13.1 Å². The fourth-order valence-corrected chi connectivity index (χ4v) is 3.85. The quantitative estimate of drug-likeness (QED) is 0.922. The molecule has 0 aromatic carbocycles.